The summed E-state index contributed by atoms with van der Waals surface area (Å²) < 4.78 is 5.69. The number of para-hydroxylation sites is 2. The van der Waals surface area contributed by atoms with Crippen molar-refractivity contribution in [3.05, 3.63) is 71.8 Å². The van der Waals surface area contributed by atoms with Crippen LogP contribution in [0.2, 0.25) is 0 Å². The number of carbonyl (C=O) groups excluding carboxylic acids is 2. The van der Waals surface area contributed by atoms with Gasteiger partial charge in [0.2, 0.25) is 0 Å². The first kappa shape index (κ1) is 18.9. The molecule has 1 atom stereocenters. The topological polar surface area (TPSA) is 66.8 Å². The molecule has 5 nitrogen and oxygen atoms in total. The predicted molar refractivity (Wildman–Crippen MR) is 104 cm³/mol. The third kappa shape index (κ3) is 3.38. The van der Waals surface area contributed by atoms with E-state index in [9.17, 15) is 14.7 Å². The quantitative estimate of drug-likeness (QED) is 0.765. The van der Waals surface area contributed by atoms with E-state index < -0.39 is 11.5 Å². The zero-order chi connectivity index (χ0) is 19.6. The fourth-order valence-electron chi connectivity index (χ4n) is 3.57. The van der Waals surface area contributed by atoms with Gasteiger partial charge in [-0.15, -0.1) is 0 Å². The number of hydrogen-bond acceptors (Lipinski definition) is 4. The summed E-state index contributed by atoms with van der Waals surface area (Å²) in [6.07, 6.45) is 1.41. The first-order valence-corrected chi connectivity index (χ1v) is 8.84. The van der Waals surface area contributed by atoms with Crippen molar-refractivity contribution in [1.29, 1.82) is 0 Å². The van der Waals surface area contributed by atoms with Gasteiger partial charge < -0.3 is 14.7 Å². The van der Waals surface area contributed by atoms with E-state index in [1.54, 1.807) is 23.1 Å². The average molecular weight is 365 g/mol. The van der Waals surface area contributed by atoms with Crippen LogP contribution in [0.1, 0.15) is 30.0 Å². The van der Waals surface area contributed by atoms with Gasteiger partial charge in [0.25, 0.3) is 5.91 Å². The number of benzene rings is 2. The van der Waals surface area contributed by atoms with Crippen molar-refractivity contribution in [1.82, 2.24) is 0 Å². The number of carbonyl (C=O) groups is 2. The number of hydrogen-bond donors (Lipinski definition) is 1. The van der Waals surface area contributed by atoms with Gasteiger partial charge in [0.15, 0.2) is 5.60 Å². The lowest BCUT2D eigenvalue weighted by atomic mass is 9.89. The highest BCUT2D eigenvalue weighted by molar-refractivity contribution is 6.09. The maximum atomic E-state index is 13.2. The molecule has 0 aliphatic carbocycles. The molecule has 0 fully saturated rings. The van der Waals surface area contributed by atoms with E-state index in [0.29, 0.717) is 23.6 Å². The van der Waals surface area contributed by atoms with Gasteiger partial charge >= 0.3 is 0 Å². The van der Waals surface area contributed by atoms with E-state index in [1.807, 2.05) is 37.3 Å². The maximum absolute atomic E-state index is 13.2. The number of ketones is 1. The van der Waals surface area contributed by atoms with Gasteiger partial charge in [-0.1, -0.05) is 49.1 Å². The number of nitrogens with zero attached hydrogens (tertiary/aromatic N) is 1. The monoisotopic (exact) mass is 365 g/mol. The summed E-state index contributed by atoms with van der Waals surface area (Å²) in [5, 5.41) is 11.1. The molecule has 140 valence electrons. The van der Waals surface area contributed by atoms with Crippen LogP contribution in [0.3, 0.4) is 0 Å². The van der Waals surface area contributed by atoms with E-state index in [-0.39, 0.29) is 18.7 Å². The molecule has 0 spiro atoms. The van der Waals surface area contributed by atoms with Crippen molar-refractivity contribution < 1.29 is 19.4 Å². The van der Waals surface area contributed by atoms with Crippen LogP contribution >= 0.6 is 0 Å². The zero-order valence-electron chi connectivity index (χ0n) is 15.6. The van der Waals surface area contributed by atoms with E-state index in [4.69, 9.17) is 4.74 Å². The lowest BCUT2D eigenvalue weighted by molar-refractivity contribution is -0.141. The summed E-state index contributed by atoms with van der Waals surface area (Å²) in [5.74, 6) is -0.0715. The summed E-state index contributed by atoms with van der Waals surface area (Å²) >= 11 is 0. The molecule has 1 heterocycles. The molecule has 0 bridgehead atoms. The molecule has 1 aliphatic heterocycles. The molecule has 0 unspecified atom stereocenters. The van der Waals surface area contributed by atoms with Gasteiger partial charge in [-0.05, 0) is 25.5 Å². The lowest BCUT2D eigenvalue weighted by Gasteiger charge is -2.23. The van der Waals surface area contributed by atoms with Gasteiger partial charge in [-0.2, -0.15) is 0 Å². The van der Waals surface area contributed by atoms with Crippen molar-refractivity contribution in [2.24, 2.45) is 0 Å². The summed E-state index contributed by atoms with van der Waals surface area (Å²) in [7, 11) is 0. The second kappa shape index (κ2) is 7.37. The van der Waals surface area contributed by atoms with Gasteiger partial charge in [-0.3, -0.25) is 9.59 Å². The number of rotatable bonds is 7. The van der Waals surface area contributed by atoms with E-state index in [1.165, 1.54) is 6.92 Å². The highest BCUT2D eigenvalue weighted by atomic mass is 16.5. The first-order chi connectivity index (χ1) is 12.9. The Kier molecular flexibility index (Phi) is 5.15. The second-order valence-corrected chi connectivity index (χ2v) is 6.81. The van der Waals surface area contributed by atoms with Crippen molar-refractivity contribution >= 4 is 17.4 Å². The van der Waals surface area contributed by atoms with Gasteiger partial charge in [0, 0.05) is 17.5 Å². The highest BCUT2D eigenvalue weighted by Gasteiger charge is 2.50. The van der Waals surface area contributed by atoms with Gasteiger partial charge in [0.05, 0.1) is 12.2 Å². The molecule has 0 aromatic heterocycles. The SMILES string of the molecule is C=CCOc1ccccc1CN1C(=O)[C@](O)(CC(C)=O)c2cccc(C)c21. The van der Waals surface area contributed by atoms with Crippen molar-refractivity contribution in [3.63, 3.8) is 0 Å². The second-order valence-electron chi connectivity index (χ2n) is 6.81. The fourth-order valence-corrected chi connectivity index (χ4v) is 3.57. The Morgan fingerprint density at radius 3 is 2.70 bits per heavy atom. The smallest absolute Gasteiger partial charge is 0.264 e. The Morgan fingerprint density at radius 1 is 1.26 bits per heavy atom. The van der Waals surface area contributed by atoms with E-state index in [0.717, 1.165) is 11.1 Å². The lowest BCUT2D eigenvalue weighted by Crippen LogP contribution is -2.41. The average Bonchev–Trinajstić information content (AvgIpc) is 2.83. The Hall–Kier alpha value is -2.92. The first-order valence-electron chi connectivity index (χ1n) is 8.84. The number of ether oxygens (including phenoxy) is 1. The number of aliphatic hydroxyl groups is 1. The standard InChI is InChI=1S/C22H23NO4/c1-4-12-27-19-11-6-5-9-17(19)14-23-20-15(2)8-7-10-18(20)22(26,21(23)25)13-16(3)24/h4-11,26H,1,12-14H2,2-3H3/t22-/m0/s1. The van der Waals surface area contributed by atoms with Crippen LogP contribution in [0.15, 0.2) is 55.1 Å². The summed E-state index contributed by atoms with van der Waals surface area (Å²) in [5.41, 5.74) is 0.986. The molecule has 0 saturated carbocycles. The molecule has 1 N–H and O–H groups in total. The molecule has 2 aromatic carbocycles. The van der Waals surface area contributed by atoms with Gasteiger partial charge in [-0.25, -0.2) is 0 Å². The van der Waals surface area contributed by atoms with Crippen molar-refractivity contribution in [3.8, 4) is 5.75 Å². The summed E-state index contributed by atoms with van der Waals surface area (Å²) in [6, 6.07) is 12.8. The Bertz CT molecular complexity index is 905. The minimum absolute atomic E-state index is 0.240. The van der Waals surface area contributed by atoms with Crippen LogP contribution in [0, 0.1) is 6.92 Å². The minimum atomic E-state index is -1.83. The fraction of sp³-hybridized carbons (Fsp3) is 0.273. The van der Waals surface area contributed by atoms with Crippen LogP contribution in [0.5, 0.6) is 5.75 Å². The molecular weight excluding hydrogens is 342 g/mol. The summed E-state index contributed by atoms with van der Waals surface area (Å²) in [4.78, 5) is 26.4. The molecule has 3 rings (SSSR count). The van der Waals surface area contributed by atoms with Crippen LogP contribution in [0.4, 0.5) is 5.69 Å². The van der Waals surface area contributed by atoms with Crippen molar-refractivity contribution in [2.75, 3.05) is 11.5 Å². The normalized spacial score (nSPS) is 18.3. The number of Topliss-reactive ketones (excluding diaryl/α,β-unsaturated/α-hetero) is 1. The predicted octanol–water partition coefficient (Wildman–Crippen LogP) is 3.27. The molecular formula is C22H23NO4. The van der Waals surface area contributed by atoms with E-state index in [2.05, 4.69) is 6.58 Å². The molecule has 27 heavy (non-hydrogen) atoms. The maximum Gasteiger partial charge on any atom is 0.264 e. The third-order valence-corrected chi connectivity index (χ3v) is 4.71. The van der Waals surface area contributed by atoms with Crippen LogP contribution in [0.25, 0.3) is 0 Å². The molecule has 0 saturated heterocycles. The number of aryl methyl sites for hydroxylation is 1. The molecule has 2 aromatic rings. The highest BCUT2D eigenvalue weighted by Crippen LogP contribution is 2.45. The summed E-state index contributed by atoms with van der Waals surface area (Å²) in [6.45, 7) is 7.51. The largest absolute Gasteiger partial charge is 0.489 e. The van der Waals surface area contributed by atoms with Crippen LogP contribution in [-0.2, 0) is 21.7 Å². The third-order valence-electron chi connectivity index (χ3n) is 4.71. The van der Waals surface area contributed by atoms with Crippen LogP contribution in [-0.4, -0.2) is 23.4 Å². The molecule has 0 radical (unpaired) electrons. The Morgan fingerprint density at radius 2 is 2.00 bits per heavy atom. The Labute approximate surface area is 158 Å². The zero-order valence-corrected chi connectivity index (χ0v) is 15.6. The molecule has 1 aliphatic rings. The molecule has 1 amide bonds. The number of fused-ring (bicyclic) bond motifs is 1. The van der Waals surface area contributed by atoms with Crippen molar-refractivity contribution in [2.45, 2.75) is 32.4 Å². The number of anilines is 1. The van der Waals surface area contributed by atoms with Crippen LogP contribution < -0.4 is 9.64 Å². The minimum Gasteiger partial charge on any atom is -0.489 e. The molecule has 5 heteroatoms. The number of amides is 1. The van der Waals surface area contributed by atoms with E-state index >= 15 is 0 Å². The van der Waals surface area contributed by atoms with Gasteiger partial charge in [0.1, 0.15) is 18.1 Å². The Balaban J connectivity index is 2.04.